The SMILES string of the molecule is OC1(O)CCCc2cc(Cl)ccc21. The van der Waals surface area contributed by atoms with Crippen molar-refractivity contribution in [2.24, 2.45) is 0 Å². The van der Waals surface area contributed by atoms with Crippen LogP contribution >= 0.6 is 11.6 Å². The topological polar surface area (TPSA) is 40.5 Å². The summed E-state index contributed by atoms with van der Waals surface area (Å²) < 4.78 is 0. The van der Waals surface area contributed by atoms with Crippen molar-refractivity contribution in [1.82, 2.24) is 0 Å². The van der Waals surface area contributed by atoms with E-state index in [2.05, 4.69) is 0 Å². The molecular formula is C10H11ClO2. The molecule has 0 heterocycles. The summed E-state index contributed by atoms with van der Waals surface area (Å²) in [4.78, 5) is 0. The third-order valence-electron chi connectivity index (χ3n) is 2.47. The van der Waals surface area contributed by atoms with Crippen LogP contribution < -0.4 is 0 Å². The Morgan fingerprint density at radius 1 is 1.31 bits per heavy atom. The van der Waals surface area contributed by atoms with Gasteiger partial charge in [0.25, 0.3) is 0 Å². The molecule has 0 aliphatic heterocycles. The van der Waals surface area contributed by atoms with Gasteiger partial charge in [0.2, 0.25) is 0 Å². The Bertz CT molecular complexity index is 334. The van der Waals surface area contributed by atoms with Gasteiger partial charge in [-0.15, -0.1) is 0 Å². The largest absolute Gasteiger partial charge is 0.362 e. The lowest BCUT2D eigenvalue weighted by molar-refractivity contribution is -0.179. The summed E-state index contributed by atoms with van der Waals surface area (Å²) in [6.45, 7) is 0. The molecule has 0 atom stereocenters. The Morgan fingerprint density at radius 2 is 2.08 bits per heavy atom. The van der Waals surface area contributed by atoms with Crippen LogP contribution in [0.2, 0.25) is 5.02 Å². The Morgan fingerprint density at radius 3 is 2.85 bits per heavy atom. The van der Waals surface area contributed by atoms with Gasteiger partial charge in [0.05, 0.1) is 0 Å². The quantitative estimate of drug-likeness (QED) is 0.625. The maximum atomic E-state index is 9.63. The molecule has 13 heavy (non-hydrogen) atoms. The van der Waals surface area contributed by atoms with Gasteiger partial charge in [-0.2, -0.15) is 0 Å². The molecule has 0 bridgehead atoms. The van der Waals surface area contributed by atoms with Crippen molar-refractivity contribution in [1.29, 1.82) is 0 Å². The third kappa shape index (κ3) is 1.57. The summed E-state index contributed by atoms with van der Waals surface area (Å²) in [5, 5.41) is 19.9. The van der Waals surface area contributed by atoms with Crippen LogP contribution in [0.3, 0.4) is 0 Å². The van der Waals surface area contributed by atoms with Gasteiger partial charge in [-0.05, 0) is 30.5 Å². The highest BCUT2D eigenvalue weighted by Crippen LogP contribution is 2.34. The van der Waals surface area contributed by atoms with Crippen LogP contribution in [0.4, 0.5) is 0 Å². The van der Waals surface area contributed by atoms with Crippen LogP contribution in [0.15, 0.2) is 18.2 Å². The van der Waals surface area contributed by atoms with Crippen molar-refractivity contribution in [2.75, 3.05) is 0 Å². The molecule has 0 fully saturated rings. The Hall–Kier alpha value is -0.570. The predicted molar refractivity (Wildman–Crippen MR) is 50.5 cm³/mol. The van der Waals surface area contributed by atoms with Gasteiger partial charge in [0.15, 0.2) is 5.79 Å². The first kappa shape index (κ1) is 9.00. The molecule has 2 rings (SSSR count). The smallest absolute Gasteiger partial charge is 0.190 e. The molecule has 3 heteroatoms. The number of hydrogen-bond donors (Lipinski definition) is 2. The molecule has 1 aliphatic rings. The van der Waals surface area contributed by atoms with Crippen molar-refractivity contribution in [2.45, 2.75) is 25.0 Å². The van der Waals surface area contributed by atoms with E-state index in [1.54, 1.807) is 18.2 Å². The number of rotatable bonds is 0. The van der Waals surface area contributed by atoms with Crippen molar-refractivity contribution in [3.05, 3.63) is 34.3 Å². The van der Waals surface area contributed by atoms with E-state index in [1.165, 1.54) is 0 Å². The second-order valence-corrected chi connectivity index (χ2v) is 3.91. The standard InChI is InChI=1S/C10H11ClO2/c11-8-3-4-9-7(6-8)2-1-5-10(9,12)13/h3-4,6,12-13H,1-2,5H2. The van der Waals surface area contributed by atoms with Crippen molar-refractivity contribution < 1.29 is 10.2 Å². The Kier molecular flexibility index (Phi) is 2.06. The molecule has 0 saturated heterocycles. The molecule has 0 aromatic heterocycles. The maximum absolute atomic E-state index is 9.63. The number of fused-ring (bicyclic) bond motifs is 1. The highest BCUT2D eigenvalue weighted by atomic mass is 35.5. The van der Waals surface area contributed by atoms with E-state index in [1.807, 2.05) is 0 Å². The monoisotopic (exact) mass is 198 g/mol. The molecule has 70 valence electrons. The number of aliphatic hydroxyl groups is 2. The second kappa shape index (κ2) is 2.98. The van der Waals surface area contributed by atoms with E-state index in [9.17, 15) is 10.2 Å². The van der Waals surface area contributed by atoms with Crippen LogP contribution in [-0.4, -0.2) is 10.2 Å². The molecule has 2 nitrogen and oxygen atoms in total. The predicted octanol–water partition coefficient (Wildman–Crippen LogP) is 1.81. The zero-order valence-corrected chi connectivity index (χ0v) is 7.88. The van der Waals surface area contributed by atoms with Crippen LogP contribution in [0.5, 0.6) is 0 Å². The van der Waals surface area contributed by atoms with Crippen LogP contribution in [0.25, 0.3) is 0 Å². The van der Waals surface area contributed by atoms with Gasteiger partial charge < -0.3 is 10.2 Å². The van der Waals surface area contributed by atoms with Gasteiger partial charge in [-0.3, -0.25) is 0 Å². The van der Waals surface area contributed by atoms with E-state index in [4.69, 9.17) is 11.6 Å². The fourth-order valence-corrected chi connectivity index (χ4v) is 2.01. The van der Waals surface area contributed by atoms with Crippen LogP contribution in [-0.2, 0) is 12.2 Å². The lowest BCUT2D eigenvalue weighted by atomic mass is 9.87. The van der Waals surface area contributed by atoms with Crippen molar-refractivity contribution in [3.63, 3.8) is 0 Å². The van der Waals surface area contributed by atoms with Gasteiger partial charge in [-0.1, -0.05) is 17.7 Å². The van der Waals surface area contributed by atoms with Crippen LogP contribution in [0.1, 0.15) is 24.0 Å². The van der Waals surface area contributed by atoms with Gasteiger partial charge in [0, 0.05) is 17.0 Å². The van der Waals surface area contributed by atoms with Gasteiger partial charge >= 0.3 is 0 Å². The second-order valence-electron chi connectivity index (χ2n) is 3.47. The van der Waals surface area contributed by atoms with Crippen LogP contribution in [0, 0.1) is 0 Å². The highest BCUT2D eigenvalue weighted by molar-refractivity contribution is 6.30. The molecule has 1 aromatic carbocycles. The van der Waals surface area contributed by atoms with E-state index < -0.39 is 5.79 Å². The van der Waals surface area contributed by atoms with Gasteiger partial charge in [0.1, 0.15) is 0 Å². The molecule has 0 saturated carbocycles. The molecule has 0 spiro atoms. The van der Waals surface area contributed by atoms with Crippen molar-refractivity contribution >= 4 is 11.6 Å². The summed E-state index contributed by atoms with van der Waals surface area (Å²) >= 11 is 5.81. The first-order valence-corrected chi connectivity index (χ1v) is 4.71. The van der Waals surface area contributed by atoms with Gasteiger partial charge in [-0.25, -0.2) is 0 Å². The zero-order valence-electron chi connectivity index (χ0n) is 7.13. The summed E-state index contributed by atoms with van der Waals surface area (Å²) in [5.74, 6) is -1.65. The molecule has 1 aliphatic carbocycles. The highest BCUT2D eigenvalue weighted by Gasteiger charge is 2.31. The van der Waals surface area contributed by atoms with Crippen molar-refractivity contribution in [3.8, 4) is 0 Å². The first-order valence-electron chi connectivity index (χ1n) is 4.33. The minimum atomic E-state index is -1.65. The third-order valence-corrected chi connectivity index (χ3v) is 2.71. The molecule has 0 radical (unpaired) electrons. The zero-order chi connectivity index (χ0) is 9.47. The fourth-order valence-electron chi connectivity index (χ4n) is 1.82. The maximum Gasteiger partial charge on any atom is 0.190 e. The molecular weight excluding hydrogens is 188 g/mol. The van der Waals surface area contributed by atoms with E-state index in [-0.39, 0.29) is 0 Å². The summed E-state index contributed by atoms with van der Waals surface area (Å²) in [5.41, 5.74) is 1.55. The number of benzene rings is 1. The molecule has 2 N–H and O–H groups in total. The van der Waals surface area contributed by atoms with E-state index in [0.717, 1.165) is 18.4 Å². The normalized spacial score (nSPS) is 19.6. The van der Waals surface area contributed by atoms with E-state index in [0.29, 0.717) is 17.0 Å². The molecule has 0 unspecified atom stereocenters. The number of hydrogen-bond acceptors (Lipinski definition) is 2. The van der Waals surface area contributed by atoms with E-state index >= 15 is 0 Å². The minimum Gasteiger partial charge on any atom is -0.362 e. The lowest BCUT2D eigenvalue weighted by Crippen LogP contribution is -2.29. The minimum absolute atomic E-state index is 0.404. The molecule has 1 aromatic rings. The summed E-state index contributed by atoms with van der Waals surface area (Å²) in [6, 6.07) is 5.18. The number of halogens is 1. The number of aryl methyl sites for hydroxylation is 1. The first-order chi connectivity index (χ1) is 6.09. The average Bonchev–Trinajstić information content (AvgIpc) is 2.02. The summed E-state index contributed by atoms with van der Waals surface area (Å²) in [7, 11) is 0. The average molecular weight is 199 g/mol. The Labute approximate surface area is 81.8 Å². The molecule has 0 amide bonds. The summed E-state index contributed by atoms with van der Waals surface area (Å²) in [6.07, 6.45) is 2.07. The lowest BCUT2D eigenvalue weighted by Gasteiger charge is -2.29. The Balaban J connectivity index is 2.53. The fraction of sp³-hybridized carbons (Fsp3) is 0.400.